The highest BCUT2D eigenvalue weighted by atomic mass is 16.5. The van der Waals surface area contributed by atoms with E-state index >= 15 is 0 Å². The van der Waals surface area contributed by atoms with Gasteiger partial charge in [-0.3, -0.25) is 4.79 Å². The van der Waals surface area contributed by atoms with Crippen molar-refractivity contribution in [2.45, 2.75) is 47.1 Å². The first kappa shape index (κ1) is 19.2. The maximum Gasteiger partial charge on any atom is 0.326 e. The number of hydrogen-bond donors (Lipinski definition) is 2. The first-order chi connectivity index (χ1) is 9.63. The van der Waals surface area contributed by atoms with Crippen molar-refractivity contribution in [2.24, 2.45) is 5.41 Å². The zero-order valence-corrected chi connectivity index (χ0v) is 13.4. The van der Waals surface area contributed by atoms with Crippen molar-refractivity contribution >= 4 is 18.0 Å². The van der Waals surface area contributed by atoms with Crippen molar-refractivity contribution in [3.63, 3.8) is 0 Å². The summed E-state index contributed by atoms with van der Waals surface area (Å²) in [5.74, 6) is -1.62. The van der Waals surface area contributed by atoms with Crippen LogP contribution in [-0.4, -0.2) is 53.7 Å². The van der Waals surface area contributed by atoms with Crippen LogP contribution < -0.4 is 5.32 Å². The SMILES string of the molecule is CCCN(CC(=O)OCC)C(=O)NC(C(=O)O)C(C)(C)C. The highest BCUT2D eigenvalue weighted by molar-refractivity contribution is 5.85. The minimum atomic E-state index is -1.11. The van der Waals surface area contributed by atoms with Gasteiger partial charge in [0.05, 0.1) is 6.61 Å². The van der Waals surface area contributed by atoms with Gasteiger partial charge in [-0.05, 0) is 18.8 Å². The topological polar surface area (TPSA) is 95.9 Å². The minimum Gasteiger partial charge on any atom is -0.480 e. The van der Waals surface area contributed by atoms with E-state index in [2.05, 4.69) is 5.32 Å². The number of nitrogens with zero attached hydrogens (tertiary/aromatic N) is 1. The van der Waals surface area contributed by atoms with Crippen LogP contribution >= 0.6 is 0 Å². The zero-order valence-electron chi connectivity index (χ0n) is 13.4. The van der Waals surface area contributed by atoms with E-state index in [9.17, 15) is 19.5 Å². The molecule has 0 saturated heterocycles. The third kappa shape index (κ3) is 6.97. The van der Waals surface area contributed by atoms with Crippen LogP contribution in [0, 0.1) is 5.41 Å². The smallest absolute Gasteiger partial charge is 0.326 e. The number of esters is 1. The normalized spacial score (nSPS) is 12.4. The molecular formula is C14H26N2O5. The van der Waals surface area contributed by atoms with Crippen LogP contribution in [0.4, 0.5) is 4.79 Å². The second-order valence-corrected chi connectivity index (χ2v) is 5.81. The standard InChI is InChI=1S/C14H26N2O5/c1-6-8-16(9-10(17)21-7-2)13(20)15-11(12(18)19)14(3,4)5/h11H,6-9H2,1-5H3,(H,15,20)(H,18,19). The van der Waals surface area contributed by atoms with E-state index in [0.29, 0.717) is 13.0 Å². The Balaban J connectivity index is 4.88. The summed E-state index contributed by atoms with van der Waals surface area (Å²) < 4.78 is 4.81. The Morgan fingerprint density at radius 1 is 1.24 bits per heavy atom. The van der Waals surface area contributed by atoms with Crippen molar-refractivity contribution in [2.75, 3.05) is 19.7 Å². The molecule has 21 heavy (non-hydrogen) atoms. The van der Waals surface area contributed by atoms with Gasteiger partial charge in [0.2, 0.25) is 0 Å². The van der Waals surface area contributed by atoms with Gasteiger partial charge in [0.15, 0.2) is 0 Å². The fourth-order valence-electron chi connectivity index (χ4n) is 1.75. The van der Waals surface area contributed by atoms with Crippen LogP contribution in [0.15, 0.2) is 0 Å². The molecule has 0 bridgehead atoms. The first-order valence-electron chi connectivity index (χ1n) is 7.07. The van der Waals surface area contributed by atoms with E-state index in [1.54, 1.807) is 27.7 Å². The number of hydrogen-bond acceptors (Lipinski definition) is 4. The van der Waals surface area contributed by atoms with Crippen molar-refractivity contribution in [3.05, 3.63) is 0 Å². The zero-order chi connectivity index (χ0) is 16.6. The summed E-state index contributed by atoms with van der Waals surface area (Å²) in [6, 6.07) is -1.61. The molecule has 0 aromatic rings. The van der Waals surface area contributed by atoms with Gasteiger partial charge in [0.25, 0.3) is 0 Å². The third-order valence-electron chi connectivity index (χ3n) is 2.79. The molecule has 2 N–H and O–H groups in total. The van der Waals surface area contributed by atoms with Gasteiger partial charge >= 0.3 is 18.0 Å². The number of urea groups is 1. The molecule has 1 unspecified atom stereocenters. The Kier molecular flexibility index (Phi) is 7.76. The monoisotopic (exact) mass is 302 g/mol. The summed E-state index contributed by atoms with van der Waals surface area (Å²) in [6.07, 6.45) is 0.653. The molecule has 0 heterocycles. The summed E-state index contributed by atoms with van der Waals surface area (Å²) in [5.41, 5.74) is -0.636. The molecule has 0 saturated carbocycles. The lowest BCUT2D eigenvalue weighted by atomic mass is 9.87. The Labute approximate surface area is 125 Å². The van der Waals surface area contributed by atoms with E-state index < -0.39 is 29.4 Å². The molecular weight excluding hydrogens is 276 g/mol. The second kappa shape index (κ2) is 8.49. The molecule has 0 aliphatic rings. The van der Waals surface area contributed by atoms with Crippen LogP contribution in [0.2, 0.25) is 0 Å². The number of amides is 2. The molecule has 0 aliphatic carbocycles. The number of carboxylic acid groups (broad SMARTS) is 1. The molecule has 0 fully saturated rings. The molecule has 1 atom stereocenters. The number of nitrogens with one attached hydrogen (secondary N) is 1. The average molecular weight is 302 g/mol. The molecule has 2 amide bonds. The number of carbonyl (C=O) groups is 3. The van der Waals surface area contributed by atoms with E-state index in [4.69, 9.17) is 4.74 Å². The fraction of sp³-hybridized carbons (Fsp3) is 0.786. The molecule has 0 spiro atoms. The lowest BCUT2D eigenvalue weighted by Crippen LogP contribution is -2.54. The molecule has 0 aromatic heterocycles. The molecule has 0 rings (SSSR count). The summed E-state index contributed by atoms with van der Waals surface area (Å²) in [5, 5.41) is 11.7. The summed E-state index contributed by atoms with van der Waals surface area (Å²) in [7, 11) is 0. The second-order valence-electron chi connectivity index (χ2n) is 5.81. The van der Waals surface area contributed by atoms with Gasteiger partial charge in [0, 0.05) is 6.54 Å². The first-order valence-corrected chi connectivity index (χ1v) is 7.07. The lowest BCUT2D eigenvalue weighted by molar-refractivity contribution is -0.143. The predicted molar refractivity (Wildman–Crippen MR) is 77.9 cm³/mol. The van der Waals surface area contributed by atoms with Gasteiger partial charge in [-0.15, -0.1) is 0 Å². The summed E-state index contributed by atoms with van der Waals surface area (Å²) in [4.78, 5) is 36.2. The third-order valence-corrected chi connectivity index (χ3v) is 2.79. The molecule has 0 aliphatic heterocycles. The molecule has 122 valence electrons. The molecule has 7 heteroatoms. The quantitative estimate of drug-likeness (QED) is 0.694. The van der Waals surface area contributed by atoms with Gasteiger partial charge < -0.3 is 20.1 Å². The highest BCUT2D eigenvalue weighted by Crippen LogP contribution is 2.19. The number of aliphatic carboxylic acids is 1. The van der Waals surface area contributed by atoms with Crippen molar-refractivity contribution in [1.29, 1.82) is 0 Å². The maximum absolute atomic E-state index is 12.2. The number of ether oxygens (including phenoxy) is 1. The van der Waals surface area contributed by atoms with Crippen molar-refractivity contribution in [3.8, 4) is 0 Å². The minimum absolute atomic E-state index is 0.190. The molecule has 0 aromatic carbocycles. The van der Waals surface area contributed by atoms with Crippen LogP contribution in [0.3, 0.4) is 0 Å². The van der Waals surface area contributed by atoms with Gasteiger partial charge in [0.1, 0.15) is 12.6 Å². The van der Waals surface area contributed by atoms with Crippen LogP contribution in [0.1, 0.15) is 41.0 Å². The van der Waals surface area contributed by atoms with E-state index in [0.717, 1.165) is 0 Å². The largest absolute Gasteiger partial charge is 0.480 e. The van der Waals surface area contributed by atoms with Crippen LogP contribution in [0.5, 0.6) is 0 Å². The van der Waals surface area contributed by atoms with Crippen molar-refractivity contribution < 1.29 is 24.2 Å². The van der Waals surface area contributed by atoms with Crippen LogP contribution in [0.25, 0.3) is 0 Å². The van der Waals surface area contributed by atoms with Gasteiger partial charge in [-0.2, -0.15) is 0 Å². The van der Waals surface area contributed by atoms with E-state index in [-0.39, 0.29) is 13.2 Å². The Morgan fingerprint density at radius 2 is 1.81 bits per heavy atom. The lowest BCUT2D eigenvalue weighted by Gasteiger charge is -2.30. The Morgan fingerprint density at radius 3 is 2.19 bits per heavy atom. The maximum atomic E-state index is 12.2. The number of rotatable bonds is 7. The van der Waals surface area contributed by atoms with E-state index in [1.807, 2.05) is 6.92 Å². The van der Waals surface area contributed by atoms with Gasteiger partial charge in [-0.25, -0.2) is 9.59 Å². The Bertz CT molecular complexity index is 376. The Hall–Kier alpha value is -1.79. The number of carboxylic acids is 1. The fourth-order valence-corrected chi connectivity index (χ4v) is 1.75. The molecule has 0 radical (unpaired) electrons. The van der Waals surface area contributed by atoms with Crippen molar-refractivity contribution in [1.82, 2.24) is 10.2 Å². The molecule has 7 nitrogen and oxygen atoms in total. The van der Waals surface area contributed by atoms with Gasteiger partial charge in [-0.1, -0.05) is 27.7 Å². The highest BCUT2D eigenvalue weighted by Gasteiger charge is 2.34. The summed E-state index contributed by atoms with van der Waals surface area (Å²) in [6.45, 7) is 9.11. The van der Waals surface area contributed by atoms with E-state index in [1.165, 1.54) is 4.90 Å². The number of carbonyl (C=O) groups excluding carboxylic acids is 2. The predicted octanol–water partition coefficient (Wildman–Crippen LogP) is 1.47. The van der Waals surface area contributed by atoms with Crippen LogP contribution in [-0.2, 0) is 14.3 Å². The average Bonchev–Trinajstić information content (AvgIpc) is 2.33. The summed E-state index contributed by atoms with van der Waals surface area (Å²) >= 11 is 0.